The molecular weight excluding hydrogens is 639 g/mol. The molecule has 51 heavy (non-hydrogen) atoms. The van der Waals surface area contributed by atoms with E-state index in [1.54, 1.807) is 11.3 Å². The fraction of sp³-hybridized carbons (Fsp3) is 0.234. The van der Waals surface area contributed by atoms with Crippen molar-refractivity contribution in [2.45, 2.75) is 58.8 Å². The van der Waals surface area contributed by atoms with Crippen molar-refractivity contribution in [3.8, 4) is 16.3 Å². The third-order valence-corrected chi connectivity index (χ3v) is 12.1. The Morgan fingerprint density at radius 3 is 2.33 bits per heavy atom. The van der Waals surface area contributed by atoms with E-state index in [2.05, 4.69) is 160 Å². The summed E-state index contributed by atoms with van der Waals surface area (Å²) in [5, 5.41) is 5.56. The number of nitrogens with zero attached hydrogens (tertiary/aromatic N) is 3. The summed E-state index contributed by atoms with van der Waals surface area (Å²) in [6.45, 7) is 14.1. The fourth-order valence-electron chi connectivity index (χ4n) is 8.56. The highest BCUT2D eigenvalue weighted by Crippen LogP contribution is 2.60. The van der Waals surface area contributed by atoms with E-state index < -0.39 is 5.41 Å². The van der Waals surface area contributed by atoms with Crippen molar-refractivity contribution in [2.24, 2.45) is 11.3 Å². The van der Waals surface area contributed by atoms with Crippen LogP contribution in [-0.2, 0) is 10.8 Å². The van der Waals surface area contributed by atoms with Gasteiger partial charge in [-0.15, -0.1) is 11.3 Å². The van der Waals surface area contributed by atoms with Crippen LogP contribution in [0.4, 0.5) is 0 Å². The molecule has 2 aliphatic rings. The quantitative estimate of drug-likeness (QED) is 0.185. The number of thiazole rings is 1. The van der Waals surface area contributed by atoms with Crippen molar-refractivity contribution in [2.75, 3.05) is 0 Å². The minimum atomic E-state index is -0.570. The Morgan fingerprint density at radius 2 is 1.57 bits per heavy atom. The van der Waals surface area contributed by atoms with Crippen molar-refractivity contribution in [1.82, 2.24) is 14.5 Å². The van der Waals surface area contributed by atoms with Crippen LogP contribution in [0.1, 0.15) is 75.9 Å². The van der Waals surface area contributed by atoms with E-state index in [4.69, 9.17) is 4.98 Å². The number of rotatable bonds is 4. The van der Waals surface area contributed by atoms with E-state index in [0.29, 0.717) is 5.92 Å². The Balaban J connectivity index is 1.36. The second-order valence-corrected chi connectivity index (χ2v) is 17.2. The maximum Gasteiger partial charge on any atom is 0.123 e. The van der Waals surface area contributed by atoms with Gasteiger partial charge in [0.2, 0.25) is 0 Å². The van der Waals surface area contributed by atoms with E-state index in [0.717, 1.165) is 28.4 Å². The van der Waals surface area contributed by atoms with Gasteiger partial charge in [-0.2, -0.15) is 0 Å². The van der Waals surface area contributed by atoms with E-state index in [-0.39, 0.29) is 10.8 Å². The molecule has 2 atom stereocenters. The number of hydrogen-bond acceptors (Lipinski definition) is 3. The van der Waals surface area contributed by atoms with Gasteiger partial charge in [0.25, 0.3) is 0 Å². The molecule has 0 radical (unpaired) electrons. The number of fused-ring (bicyclic) bond motifs is 6. The van der Waals surface area contributed by atoms with Crippen molar-refractivity contribution in [3.05, 3.63) is 167 Å². The van der Waals surface area contributed by atoms with Crippen LogP contribution in [0.2, 0.25) is 0 Å². The van der Waals surface area contributed by atoms with Crippen LogP contribution in [0.25, 0.3) is 43.6 Å². The highest BCUT2D eigenvalue weighted by molar-refractivity contribution is 7.13. The molecule has 3 aromatic heterocycles. The molecule has 2 aliphatic carbocycles. The van der Waals surface area contributed by atoms with Gasteiger partial charge >= 0.3 is 0 Å². The topological polar surface area (TPSA) is 30.7 Å². The first kappa shape index (κ1) is 31.9. The molecule has 4 aromatic carbocycles. The molecule has 0 bridgehead atoms. The first-order chi connectivity index (χ1) is 24.5. The minimum Gasteiger partial charge on any atom is -0.309 e. The van der Waals surface area contributed by atoms with E-state index in [1.807, 2.05) is 23.8 Å². The van der Waals surface area contributed by atoms with Crippen molar-refractivity contribution < 1.29 is 0 Å². The van der Waals surface area contributed by atoms with Gasteiger partial charge in [0, 0.05) is 39.8 Å². The van der Waals surface area contributed by atoms with Crippen LogP contribution >= 0.6 is 11.3 Å². The van der Waals surface area contributed by atoms with Crippen LogP contribution in [0.15, 0.2) is 139 Å². The summed E-state index contributed by atoms with van der Waals surface area (Å²) in [6.07, 6.45) is 9.98. The molecule has 3 heterocycles. The van der Waals surface area contributed by atoms with Crippen LogP contribution in [-0.4, -0.2) is 14.5 Å². The summed E-state index contributed by atoms with van der Waals surface area (Å²) in [4.78, 5) is 9.84. The smallest absolute Gasteiger partial charge is 0.123 e. The SMILES string of the molecule is CC(C)(C)c1ccc2c(c1)C1=CC(C(C)(C)C)CC=C1[C@@]2(c1ccc2c3ccccc3n(-c3cccc(-c4nccs4)c3)c2c1)c1ccccn1. The lowest BCUT2D eigenvalue weighted by atomic mass is 9.66. The lowest BCUT2D eigenvalue weighted by Crippen LogP contribution is -2.31. The highest BCUT2D eigenvalue weighted by Gasteiger charge is 2.51. The zero-order chi connectivity index (χ0) is 35.1. The molecule has 0 saturated carbocycles. The van der Waals surface area contributed by atoms with Crippen molar-refractivity contribution >= 4 is 38.7 Å². The summed E-state index contributed by atoms with van der Waals surface area (Å²) in [7, 11) is 0. The Kier molecular flexibility index (Phi) is 7.18. The number of aromatic nitrogens is 3. The maximum atomic E-state index is 5.20. The number of hydrogen-bond donors (Lipinski definition) is 0. The molecule has 7 aromatic rings. The Labute approximate surface area is 305 Å². The molecule has 252 valence electrons. The second kappa shape index (κ2) is 11.5. The van der Waals surface area contributed by atoms with Crippen molar-refractivity contribution in [1.29, 1.82) is 0 Å². The van der Waals surface area contributed by atoms with E-state index in [9.17, 15) is 0 Å². The lowest BCUT2D eigenvalue weighted by molar-refractivity contribution is 0.293. The van der Waals surface area contributed by atoms with Gasteiger partial charge in [0.05, 0.1) is 22.1 Å². The fourth-order valence-corrected chi connectivity index (χ4v) is 9.19. The lowest BCUT2D eigenvalue weighted by Gasteiger charge is -2.36. The van der Waals surface area contributed by atoms with Crippen molar-refractivity contribution in [3.63, 3.8) is 0 Å². The third-order valence-electron chi connectivity index (χ3n) is 11.3. The Hall–Kier alpha value is -5.06. The number of para-hydroxylation sites is 1. The summed E-state index contributed by atoms with van der Waals surface area (Å²) < 4.78 is 2.44. The average Bonchev–Trinajstić information content (AvgIpc) is 3.85. The summed E-state index contributed by atoms with van der Waals surface area (Å²) in [5.74, 6) is 0.442. The molecule has 4 heteroatoms. The molecule has 0 saturated heterocycles. The Morgan fingerprint density at radius 1 is 0.745 bits per heavy atom. The monoisotopic (exact) mass is 681 g/mol. The highest BCUT2D eigenvalue weighted by atomic mass is 32.1. The number of allylic oxidation sites excluding steroid dienone is 4. The van der Waals surface area contributed by atoms with Crippen LogP contribution in [0.5, 0.6) is 0 Å². The standard InChI is InChI=1S/C47H43N3S/c1-45(2,3)31-18-21-39-37(27-31)38-28-32(46(4,5)6)19-22-40(38)47(39,43-16-9-10-23-48-43)33-17-20-36-35-14-7-8-15-41(35)50(42(36)29-33)34-13-11-12-30(26-34)44-49-24-25-51-44/h7-18,20-29,32H,19H2,1-6H3/t32?,47-/m0/s1. The van der Waals surface area contributed by atoms with E-state index in [1.165, 1.54) is 55.2 Å². The predicted molar refractivity (Wildman–Crippen MR) is 215 cm³/mol. The summed E-state index contributed by atoms with van der Waals surface area (Å²) in [5.41, 5.74) is 13.3. The molecule has 1 unspecified atom stereocenters. The first-order valence-electron chi connectivity index (χ1n) is 18.1. The maximum absolute atomic E-state index is 5.20. The van der Waals surface area contributed by atoms with Gasteiger partial charge in [0.15, 0.2) is 0 Å². The Bertz CT molecular complexity index is 2520. The third kappa shape index (κ3) is 4.91. The number of pyridine rings is 1. The average molecular weight is 682 g/mol. The van der Waals surface area contributed by atoms with Gasteiger partial charge < -0.3 is 4.57 Å². The molecule has 0 N–H and O–H groups in total. The van der Waals surface area contributed by atoms with Crippen LogP contribution in [0, 0.1) is 11.3 Å². The first-order valence-corrected chi connectivity index (χ1v) is 19.0. The molecule has 3 nitrogen and oxygen atoms in total. The largest absolute Gasteiger partial charge is 0.309 e. The van der Waals surface area contributed by atoms with Crippen LogP contribution < -0.4 is 0 Å². The molecular formula is C47H43N3S. The summed E-state index contributed by atoms with van der Waals surface area (Å²) >= 11 is 1.67. The summed E-state index contributed by atoms with van der Waals surface area (Å²) in [6, 6.07) is 38.5. The van der Waals surface area contributed by atoms with E-state index >= 15 is 0 Å². The predicted octanol–water partition coefficient (Wildman–Crippen LogP) is 12.3. The minimum absolute atomic E-state index is 0.0286. The number of benzene rings is 4. The molecule has 0 spiro atoms. The second-order valence-electron chi connectivity index (χ2n) is 16.4. The molecule has 9 rings (SSSR count). The van der Waals surface area contributed by atoms with Crippen LogP contribution in [0.3, 0.4) is 0 Å². The molecule has 0 amide bonds. The van der Waals surface area contributed by atoms with Gasteiger partial charge in [-0.3, -0.25) is 4.98 Å². The van der Waals surface area contributed by atoms with Gasteiger partial charge in [-0.05, 0) is 93.0 Å². The normalized spacial score (nSPS) is 18.8. The zero-order valence-corrected chi connectivity index (χ0v) is 31.1. The molecule has 0 fully saturated rings. The van der Waals surface area contributed by atoms with Gasteiger partial charge in [-0.25, -0.2) is 4.98 Å². The van der Waals surface area contributed by atoms with Gasteiger partial charge in [0.1, 0.15) is 5.01 Å². The molecule has 0 aliphatic heterocycles. The van der Waals surface area contributed by atoms with Gasteiger partial charge in [-0.1, -0.05) is 120 Å². The zero-order valence-electron chi connectivity index (χ0n) is 30.2.